The van der Waals surface area contributed by atoms with Gasteiger partial charge in [0.05, 0.1) is 5.39 Å². The normalized spacial score (nSPS) is 11.0. The Hall–Kier alpha value is -2.05. The van der Waals surface area contributed by atoms with Gasteiger partial charge in [-0.05, 0) is 24.1 Å². The van der Waals surface area contributed by atoms with Gasteiger partial charge in [-0.2, -0.15) is 0 Å². The van der Waals surface area contributed by atoms with Crippen LogP contribution in [0.1, 0.15) is 23.2 Å². The molecule has 21 heavy (non-hydrogen) atoms. The molecule has 0 saturated carbocycles. The molecule has 0 spiro atoms. The van der Waals surface area contributed by atoms with Crippen molar-refractivity contribution >= 4 is 27.4 Å². The van der Waals surface area contributed by atoms with Gasteiger partial charge in [-0.1, -0.05) is 25.1 Å². The maximum Gasteiger partial charge on any atom is 0.152 e. The minimum Gasteiger partial charge on any atom is -0.308 e. The second-order valence-electron chi connectivity index (χ2n) is 4.69. The first-order valence-electron chi connectivity index (χ1n) is 6.70. The molecule has 0 aliphatic carbocycles. The van der Waals surface area contributed by atoms with E-state index in [0.717, 1.165) is 16.6 Å². The molecule has 1 aromatic carbocycles. The van der Waals surface area contributed by atoms with Crippen LogP contribution in [0.4, 0.5) is 10.2 Å². The fourth-order valence-electron chi connectivity index (χ4n) is 2.19. The van der Waals surface area contributed by atoms with Crippen molar-refractivity contribution in [2.24, 2.45) is 5.84 Å². The number of hydrogen-bond donors (Lipinski definition) is 2. The molecule has 0 radical (unpaired) electrons. The molecule has 0 saturated heterocycles. The van der Waals surface area contributed by atoms with Crippen LogP contribution in [0.15, 0.2) is 30.3 Å². The summed E-state index contributed by atoms with van der Waals surface area (Å²) in [6.45, 7) is 2.09. The van der Waals surface area contributed by atoms with E-state index in [4.69, 9.17) is 5.84 Å². The number of aryl methyl sites for hydroxylation is 1. The highest BCUT2D eigenvalue weighted by molar-refractivity contribution is 7.18. The molecule has 2 heterocycles. The van der Waals surface area contributed by atoms with Crippen molar-refractivity contribution < 1.29 is 4.39 Å². The summed E-state index contributed by atoms with van der Waals surface area (Å²) >= 11 is 1.62. The van der Waals surface area contributed by atoms with Gasteiger partial charge in [0.2, 0.25) is 0 Å². The van der Waals surface area contributed by atoms with E-state index < -0.39 is 0 Å². The summed E-state index contributed by atoms with van der Waals surface area (Å²) in [5.41, 5.74) is 3.19. The Morgan fingerprint density at radius 3 is 2.81 bits per heavy atom. The summed E-state index contributed by atoms with van der Waals surface area (Å²) in [5, 5.41) is 0.914. The monoisotopic (exact) mass is 302 g/mol. The summed E-state index contributed by atoms with van der Waals surface area (Å²) in [4.78, 5) is 11.0. The van der Waals surface area contributed by atoms with Gasteiger partial charge in [0.25, 0.3) is 0 Å². The number of anilines is 1. The average molecular weight is 302 g/mol. The van der Waals surface area contributed by atoms with Crippen molar-refractivity contribution in [2.75, 3.05) is 5.43 Å². The molecule has 0 unspecified atom stereocenters. The lowest BCUT2D eigenvalue weighted by molar-refractivity contribution is 0.612. The first kappa shape index (κ1) is 13.9. The van der Waals surface area contributed by atoms with Crippen LogP contribution in [-0.2, 0) is 12.8 Å². The van der Waals surface area contributed by atoms with Crippen LogP contribution in [0.3, 0.4) is 0 Å². The Kier molecular flexibility index (Phi) is 3.81. The van der Waals surface area contributed by atoms with Crippen LogP contribution in [0.5, 0.6) is 0 Å². The Balaban J connectivity index is 2.05. The second-order valence-corrected chi connectivity index (χ2v) is 5.80. The topological polar surface area (TPSA) is 63.8 Å². The summed E-state index contributed by atoms with van der Waals surface area (Å²) in [6.07, 6.45) is 1.28. The molecular weight excluding hydrogens is 287 g/mol. The molecule has 108 valence electrons. The van der Waals surface area contributed by atoms with Crippen molar-refractivity contribution in [2.45, 2.75) is 19.8 Å². The number of nitrogen functional groups attached to an aromatic ring is 1. The van der Waals surface area contributed by atoms with E-state index in [-0.39, 0.29) is 5.82 Å². The van der Waals surface area contributed by atoms with Gasteiger partial charge in [-0.25, -0.2) is 20.2 Å². The predicted molar refractivity (Wildman–Crippen MR) is 83.8 cm³/mol. The predicted octanol–water partition coefficient (Wildman–Crippen LogP) is 3.27. The number of nitrogens with two attached hydrogens (primary N) is 1. The lowest BCUT2D eigenvalue weighted by Gasteiger charge is -2.06. The number of aromatic nitrogens is 2. The van der Waals surface area contributed by atoms with E-state index >= 15 is 0 Å². The zero-order valence-electron chi connectivity index (χ0n) is 11.6. The summed E-state index contributed by atoms with van der Waals surface area (Å²) in [5.74, 6) is 6.45. The Labute approximate surface area is 125 Å². The largest absolute Gasteiger partial charge is 0.308 e. The highest BCUT2D eigenvalue weighted by atomic mass is 32.1. The number of hydrogen-bond acceptors (Lipinski definition) is 5. The van der Waals surface area contributed by atoms with Crippen LogP contribution < -0.4 is 11.3 Å². The summed E-state index contributed by atoms with van der Waals surface area (Å²) in [7, 11) is 0. The minimum absolute atomic E-state index is 0.246. The fraction of sp³-hybridized carbons (Fsp3) is 0.200. The lowest BCUT2D eigenvalue weighted by atomic mass is 10.1. The number of hydrazine groups is 1. The molecule has 0 amide bonds. The molecule has 3 N–H and O–H groups in total. The van der Waals surface area contributed by atoms with E-state index in [0.29, 0.717) is 23.6 Å². The van der Waals surface area contributed by atoms with Gasteiger partial charge in [-0.15, -0.1) is 11.3 Å². The molecule has 3 aromatic rings. The van der Waals surface area contributed by atoms with Gasteiger partial charge in [0.1, 0.15) is 16.5 Å². The lowest BCUT2D eigenvalue weighted by Crippen LogP contribution is -2.11. The van der Waals surface area contributed by atoms with Gasteiger partial charge < -0.3 is 5.43 Å². The number of nitrogens with one attached hydrogen (secondary N) is 1. The Bertz CT molecular complexity index is 784. The number of fused-ring (bicyclic) bond motifs is 1. The van der Waals surface area contributed by atoms with Gasteiger partial charge in [-0.3, -0.25) is 0 Å². The van der Waals surface area contributed by atoms with Crippen LogP contribution >= 0.6 is 11.3 Å². The van der Waals surface area contributed by atoms with E-state index in [9.17, 15) is 4.39 Å². The van der Waals surface area contributed by atoms with Crippen LogP contribution in [0, 0.1) is 5.82 Å². The van der Waals surface area contributed by atoms with Gasteiger partial charge in [0.15, 0.2) is 5.82 Å². The molecule has 0 aliphatic rings. The Morgan fingerprint density at radius 2 is 2.10 bits per heavy atom. The van der Waals surface area contributed by atoms with Crippen molar-refractivity contribution in [3.63, 3.8) is 0 Å². The number of nitrogens with zero attached hydrogens (tertiary/aromatic N) is 2. The summed E-state index contributed by atoms with van der Waals surface area (Å²) in [6, 6.07) is 8.70. The van der Waals surface area contributed by atoms with E-state index in [1.165, 1.54) is 10.9 Å². The van der Waals surface area contributed by atoms with Crippen LogP contribution in [-0.4, -0.2) is 9.97 Å². The standard InChI is InChI=1S/C15H15FN4S/c1-2-10-8-11-14(20-17)18-13(19-15(11)21-10)7-9-5-3-4-6-12(9)16/h3-6,8H,2,7,17H2,1H3,(H,18,19,20). The van der Waals surface area contributed by atoms with Gasteiger partial charge >= 0.3 is 0 Å². The first-order chi connectivity index (χ1) is 10.2. The highest BCUT2D eigenvalue weighted by Gasteiger charge is 2.12. The van der Waals surface area contributed by atoms with Crippen molar-refractivity contribution in [1.29, 1.82) is 0 Å². The number of benzene rings is 1. The minimum atomic E-state index is -0.246. The number of halogens is 1. The third kappa shape index (κ3) is 2.72. The second kappa shape index (κ2) is 5.75. The van der Waals surface area contributed by atoms with E-state index in [2.05, 4.69) is 22.3 Å². The van der Waals surface area contributed by atoms with E-state index in [1.807, 2.05) is 6.07 Å². The Morgan fingerprint density at radius 1 is 1.29 bits per heavy atom. The SMILES string of the molecule is CCc1cc2c(NN)nc(Cc3ccccc3F)nc2s1. The smallest absolute Gasteiger partial charge is 0.152 e. The number of rotatable bonds is 4. The summed E-state index contributed by atoms with van der Waals surface area (Å²) < 4.78 is 13.7. The van der Waals surface area contributed by atoms with E-state index in [1.54, 1.807) is 29.5 Å². The molecule has 3 rings (SSSR count). The fourth-order valence-corrected chi connectivity index (χ4v) is 3.18. The maximum atomic E-state index is 13.7. The number of thiophene rings is 1. The van der Waals surface area contributed by atoms with Crippen LogP contribution in [0.2, 0.25) is 0 Å². The zero-order chi connectivity index (χ0) is 14.8. The zero-order valence-corrected chi connectivity index (χ0v) is 12.4. The average Bonchev–Trinajstić information content (AvgIpc) is 2.92. The third-order valence-corrected chi connectivity index (χ3v) is 4.45. The molecule has 6 heteroatoms. The van der Waals surface area contributed by atoms with Crippen molar-refractivity contribution in [1.82, 2.24) is 9.97 Å². The molecule has 0 aliphatic heterocycles. The van der Waals surface area contributed by atoms with Crippen molar-refractivity contribution in [3.8, 4) is 0 Å². The van der Waals surface area contributed by atoms with Crippen LogP contribution in [0.25, 0.3) is 10.2 Å². The molecule has 0 atom stereocenters. The molecular formula is C15H15FN4S. The van der Waals surface area contributed by atoms with Gasteiger partial charge in [0, 0.05) is 11.3 Å². The molecule has 0 bridgehead atoms. The molecule has 0 fully saturated rings. The molecule has 2 aromatic heterocycles. The highest BCUT2D eigenvalue weighted by Crippen LogP contribution is 2.29. The third-order valence-electron chi connectivity index (χ3n) is 3.28. The molecule has 4 nitrogen and oxygen atoms in total. The quantitative estimate of drug-likeness (QED) is 0.573. The maximum absolute atomic E-state index is 13.7. The first-order valence-corrected chi connectivity index (χ1v) is 7.52. The van der Waals surface area contributed by atoms with Crippen molar-refractivity contribution in [3.05, 3.63) is 52.4 Å².